The van der Waals surface area contributed by atoms with Gasteiger partial charge in [0, 0.05) is 37.6 Å². The molecule has 1 amide bonds. The zero-order valence-corrected chi connectivity index (χ0v) is 16.4. The average Bonchev–Trinajstić information content (AvgIpc) is 2.94. The average molecular weight is 368 g/mol. The lowest BCUT2D eigenvalue weighted by Gasteiger charge is -2.24. The zero-order valence-electron chi connectivity index (χ0n) is 15.6. The van der Waals surface area contributed by atoms with Crippen LogP contribution in [0.3, 0.4) is 0 Å². The van der Waals surface area contributed by atoms with Crippen molar-refractivity contribution in [2.24, 2.45) is 0 Å². The van der Waals surface area contributed by atoms with Crippen LogP contribution >= 0.6 is 0 Å². The molecule has 0 bridgehead atoms. The second-order valence-electron chi connectivity index (χ2n) is 6.59. The quantitative estimate of drug-likeness (QED) is 0.797. The molecule has 1 atom stereocenters. The van der Waals surface area contributed by atoms with Crippen LogP contribution in [0.2, 0.25) is 0 Å². The normalized spacial score (nSPS) is 18.8. The Morgan fingerprint density at radius 2 is 1.96 bits per heavy atom. The summed E-state index contributed by atoms with van der Waals surface area (Å²) >= 11 is 0. The van der Waals surface area contributed by atoms with Crippen LogP contribution in [-0.2, 0) is 14.6 Å². The maximum Gasteiger partial charge on any atom is 0.241 e. The highest BCUT2D eigenvalue weighted by molar-refractivity contribution is 7.91. The number of benzene rings is 1. The molecular weight excluding hydrogens is 338 g/mol. The first kappa shape index (κ1) is 19.6. The fourth-order valence-electron chi connectivity index (χ4n) is 3.21. The number of nitrogens with one attached hydrogen (secondary N) is 1. The maximum atomic E-state index is 12.4. The van der Waals surface area contributed by atoms with E-state index in [-0.39, 0.29) is 30.0 Å². The third-order valence-electron chi connectivity index (χ3n) is 4.92. The van der Waals surface area contributed by atoms with Gasteiger partial charge in [0.15, 0.2) is 9.84 Å². The summed E-state index contributed by atoms with van der Waals surface area (Å²) in [6.45, 7) is 8.35. The van der Waals surface area contributed by atoms with E-state index in [2.05, 4.69) is 36.2 Å². The van der Waals surface area contributed by atoms with Crippen LogP contribution < -0.4 is 10.2 Å². The Kier molecular flexibility index (Phi) is 6.32. The molecule has 140 valence electrons. The topological polar surface area (TPSA) is 69.7 Å². The molecule has 0 radical (unpaired) electrons. The third-order valence-corrected chi connectivity index (χ3v) is 6.67. The molecule has 1 aliphatic rings. The number of carbonyl (C=O) groups excluding carboxylic acids is 1. The van der Waals surface area contributed by atoms with E-state index in [1.807, 2.05) is 13.0 Å². The van der Waals surface area contributed by atoms with Crippen molar-refractivity contribution in [2.45, 2.75) is 33.2 Å². The van der Waals surface area contributed by atoms with Gasteiger partial charge in [-0.2, -0.15) is 0 Å². The molecule has 0 saturated carbocycles. The summed E-state index contributed by atoms with van der Waals surface area (Å²) < 4.78 is 23.1. The molecule has 0 aromatic heterocycles. The SMILES string of the molecule is CCN(CC)c1ccc(NCC(=O)N(C)C2CCS(=O)(=O)C2)c(C)c1. The molecule has 1 saturated heterocycles. The summed E-state index contributed by atoms with van der Waals surface area (Å²) in [6.07, 6.45) is 0.530. The van der Waals surface area contributed by atoms with Crippen LogP contribution in [-0.4, -0.2) is 63.5 Å². The van der Waals surface area contributed by atoms with E-state index < -0.39 is 9.84 Å². The standard InChI is InChI=1S/C18H29N3O3S/c1-5-21(6-2)15-7-8-17(14(3)11-15)19-12-18(22)20(4)16-9-10-25(23,24)13-16/h7-8,11,16,19H,5-6,9-10,12-13H2,1-4H3. The van der Waals surface area contributed by atoms with Gasteiger partial charge >= 0.3 is 0 Å². The van der Waals surface area contributed by atoms with Gasteiger partial charge in [0.25, 0.3) is 0 Å². The Balaban J connectivity index is 1.95. The number of hydrogen-bond donors (Lipinski definition) is 1. The van der Waals surface area contributed by atoms with E-state index in [0.29, 0.717) is 6.42 Å². The predicted molar refractivity (Wildman–Crippen MR) is 103 cm³/mol. The van der Waals surface area contributed by atoms with Gasteiger partial charge in [0.05, 0.1) is 18.1 Å². The van der Waals surface area contributed by atoms with Crippen molar-refractivity contribution in [3.05, 3.63) is 23.8 Å². The lowest BCUT2D eigenvalue weighted by atomic mass is 10.1. The first-order valence-corrected chi connectivity index (χ1v) is 10.6. The van der Waals surface area contributed by atoms with Crippen molar-refractivity contribution >= 4 is 27.1 Å². The highest BCUT2D eigenvalue weighted by atomic mass is 32.2. The number of aryl methyl sites for hydroxylation is 1. The molecule has 7 heteroatoms. The molecule has 1 heterocycles. The van der Waals surface area contributed by atoms with Crippen LogP contribution in [0, 0.1) is 6.92 Å². The molecule has 0 aliphatic carbocycles. The number of carbonyl (C=O) groups is 1. The highest BCUT2D eigenvalue weighted by Gasteiger charge is 2.32. The minimum absolute atomic E-state index is 0.0762. The number of amides is 1. The minimum atomic E-state index is -2.98. The summed E-state index contributed by atoms with van der Waals surface area (Å²) in [7, 11) is -1.30. The number of nitrogens with zero attached hydrogens (tertiary/aromatic N) is 2. The maximum absolute atomic E-state index is 12.4. The second-order valence-corrected chi connectivity index (χ2v) is 8.82. The molecule has 0 spiro atoms. The Labute approximate surface area is 151 Å². The number of anilines is 2. The molecule has 1 aliphatic heterocycles. The molecule has 1 N–H and O–H groups in total. The van der Waals surface area contributed by atoms with Crippen molar-refractivity contribution < 1.29 is 13.2 Å². The van der Waals surface area contributed by atoms with Gasteiger partial charge in [-0.05, 0) is 51.0 Å². The molecule has 1 unspecified atom stereocenters. The van der Waals surface area contributed by atoms with Crippen LogP contribution in [0.4, 0.5) is 11.4 Å². The van der Waals surface area contributed by atoms with Crippen molar-refractivity contribution in [3.8, 4) is 0 Å². The van der Waals surface area contributed by atoms with Crippen molar-refractivity contribution in [1.82, 2.24) is 4.90 Å². The fraction of sp³-hybridized carbons (Fsp3) is 0.611. The van der Waals surface area contributed by atoms with Gasteiger partial charge in [-0.3, -0.25) is 4.79 Å². The van der Waals surface area contributed by atoms with Gasteiger partial charge in [-0.25, -0.2) is 8.42 Å². The van der Waals surface area contributed by atoms with E-state index >= 15 is 0 Å². The Bertz CT molecular complexity index is 714. The lowest BCUT2D eigenvalue weighted by Crippen LogP contribution is -2.40. The molecule has 1 fully saturated rings. The van der Waals surface area contributed by atoms with Crippen molar-refractivity contribution in [1.29, 1.82) is 0 Å². The summed E-state index contributed by atoms with van der Waals surface area (Å²) in [5.74, 6) is 0.163. The smallest absolute Gasteiger partial charge is 0.241 e. The Hall–Kier alpha value is -1.76. The first-order valence-electron chi connectivity index (χ1n) is 8.83. The third kappa shape index (κ3) is 4.87. The molecule has 1 aromatic rings. The number of sulfone groups is 1. The van der Waals surface area contributed by atoms with Crippen LogP contribution in [0.15, 0.2) is 18.2 Å². The van der Waals surface area contributed by atoms with Crippen molar-refractivity contribution in [3.63, 3.8) is 0 Å². The fourth-order valence-corrected chi connectivity index (χ4v) is 4.99. The first-order chi connectivity index (χ1) is 11.8. The number of rotatable bonds is 7. The summed E-state index contributed by atoms with van der Waals surface area (Å²) in [5, 5.41) is 3.18. The zero-order chi connectivity index (χ0) is 18.6. The summed E-state index contributed by atoms with van der Waals surface area (Å²) in [4.78, 5) is 16.2. The Morgan fingerprint density at radius 1 is 1.28 bits per heavy atom. The summed E-state index contributed by atoms with van der Waals surface area (Å²) in [5.41, 5.74) is 3.19. The van der Waals surface area contributed by atoms with Gasteiger partial charge in [-0.1, -0.05) is 0 Å². The molecule has 1 aromatic carbocycles. The van der Waals surface area contributed by atoms with Crippen LogP contribution in [0.1, 0.15) is 25.8 Å². The second kappa shape index (κ2) is 8.08. The monoisotopic (exact) mass is 367 g/mol. The van der Waals surface area contributed by atoms with E-state index in [1.54, 1.807) is 11.9 Å². The van der Waals surface area contributed by atoms with E-state index in [4.69, 9.17) is 0 Å². The van der Waals surface area contributed by atoms with Gasteiger partial charge in [0.1, 0.15) is 0 Å². The number of likely N-dealkylation sites (N-methyl/N-ethyl adjacent to an activating group) is 1. The molecule has 25 heavy (non-hydrogen) atoms. The number of hydrogen-bond acceptors (Lipinski definition) is 5. The lowest BCUT2D eigenvalue weighted by molar-refractivity contribution is -0.129. The van der Waals surface area contributed by atoms with Crippen molar-refractivity contribution in [2.75, 3.05) is 48.4 Å². The van der Waals surface area contributed by atoms with E-state index in [1.165, 1.54) is 5.69 Å². The van der Waals surface area contributed by atoms with Crippen LogP contribution in [0.25, 0.3) is 0 Å². The van der Waals surface area contributed by atoms with Gasteiger partial charge in [0.2, 0.25) is 5.91 Å². The minimum Gasteiger partial charge on any atom is -0.376 e. The molecular formula is C18H29N3O3S. The highest BCUT2D eigenvalue weighted by Crippen LogP contribution is 2.23. The van der Waals surface area contributed by atoms with E-state index in [9.17, 15) is 13.2 Å². The Morgan fingerprint density at radius 3 is 2.48 bits per heavy atom. The van der Waals surface area contributed by atoms with E-state index in [0.717, 1.165) is 24.3 Å². The van der Waals surface area contributed by atoms with Gasteiger partial charge in [-0.15, -0.1) is 0 Å². The molecule has 2 rings (SSSR count). The van der Waals surface area contributed by atoms with Crippen LogP contribution in [0.5, 0.6) is 0 Å². The predicted octanol–water partition coefficient (Wildman–Crippen LogP) is 1.90. The molecule has 6 nitrogen and oxygen atoms in total. The summed E-state index contributed by atoms with van der Waals surface area (Å²) in [6, 6.07) is 5.97. The van der Waals surface area contributed by atoms with Gasteiger partial charge < -0.3 is 15.1 Å². The largest absolute Gasteiger partial charge is 0.376 e.